The van der Waals surface area contributed by atoms with Gasteiger partial charge in [0, 0.05) is 22.4 Å². The Morgan fingerprint density at radius 1 is 1.44 bits per heavy atom. The van der Waals surface area contributed by atoms with Crippen molar-refractivity contribution in [3.05, 3.63) is 34.9 Å². The van der Waals surface area contributed by atoms with E-state index in [9.17, 15) is 5.11 Å². The summed E-state index contributed by atoms with van der Waals surface area (Å²) in [6.45, 7) is 4.46. The topological polar surface area (TPSA) is 32.3 Å². The van der Waals surface area contributed by atoms with Crippen molar-refractivity contribution in [3.8, 4) is 0 Å². The van der Waals surface area contributed by atoms with Gasteiger partial charge in [-0.15, -0.1) is 0 Å². The van der Waals surface area contributed by atoms with E-state index in [1.165, 1.54) is 5.56 Å². The van der Waals surface area contributed by atoms with E-state index in [1.807, 2.05) is 24.5 Å². The number of halogens is 1. The van der Waals surface area contributed by atoms with Crippen molar-refractivity contribution in [1.29, 1.82) is 0 Å². The van der Waals surface area contributed by atoms with Crippen LogP contribution in [0.3, 0.4) is 0 Å². The molecule has 0 aliphatic rings. The minimum Gasteiger partial charge on any atom is -0.395 e. The first-order valence-corrected chi connectivity index (χ1v) is 7.94. The van der Waals surface area contributed by atoms with E-state index >= 15 is 0 Å². The summed E-state index contributed by atoms with van der Waals surface area (Å²) < 4.78 is 0. The van der Waals surface area contributed by atoms with Gasteiger partial charge in [0.15, 0.2) is 0 Å². The predicted octanol–water partition coefficient (Wildman–Crippen LogP) is 3.49. The molecular formula is C14H22ClNOS. The third-order valence-electron chi connectivity index (χ3n) is 3.16. The summed E-state index contributed by atoms with van der Waals surface area (Å²) in [6.07, 6.45) is 3.02. The molecule has 0 heterocycles. The van der Waals surface area contributed by atoms with Crippen LogP contribution in [0.1, 0.15) is 31.9 Å². The highest BCUT2D eigenvalue weighted by atomic mass is 35.5. The van der Waals surface area contributed by atoms with Crippen LogP contribution in [0, 0.1) is 0 Å². The molecule has 0 aromatic heterocycles. The molecule has 1 aromatic carbocycles. The second-order valence-corrected chi connectivity index (χ2v) is 5.94. The number of hydrogen-bond acceptors (Lipinski definition) is 3. The third kappa shape index (κ3) is 4.47. The molecule has 0 aliphatic heterocycles. The lowest BCUT2D eigenvalue weighted by Gasteiger charge is -2.27. The smallest absolute Gasteiger partial charge is 0.0564 e. The normalized spacial score (nSPS) is 16.3. The summed E-state index contributed by atoms with van der Waals surface area (Å²) in [4.78, 5) is 0. The average molecular weight is 288 g/mol. The monoisotopic (exact) mass is 287 g/mol. The SMILES string of the molecule is CCC(NC(C)C(CO)SC)c1cccc(Cl)c1. The average Bonchev–Trinajstić information content (AvgIpc) is 2.37. The zero-order chi connectivity index (χ0) is 13.5. The molecule has 18 heavy (non-hydrogen) atoms. The van der Waals surface area contributed by atoms with Gasteiger partial charge in [0.05, 0.1) is 6.61 Å². The minimum atomic E-state index is 0.196. The first-order valence-electron chi connectivity index (χ1n) is 6.27. The van der Waals surface area contributed by atoms with Crippen LogP contribution in [0.2, 0.25) is 5.02 Å². The molecule has 0 spiro atoms. The van der Waals surface area contributed by atoms with Crippen molar-refractivity contribution in [3.63, 3.8) is 0 Å². The van der Waals surface area contributed by atoms with Crippen molar-refractivity contribution in [2.45, 2.75) is 37.6 Å². The number of rotatable bonds is 7. The molecule has 0 radical (unpaired) electrons. The van der Waals surface area contributed by atoms with E-state index in [0.717, 1.165) is 11.4 Å². The summed E-state index contributed by atoms with van der Waals surface area (Å²) in [7, 11) is 0. The van der Waals surface area contributed by atoms with Crippen LogP contribution < -0.4 is 5.32 Å². The third-order valence-corrected chi connectivity index (χ3v) is 4.56. The molecule has 102 valence electrons. The molecule has 0 aliphatic carbocycles. The van der Waals surface area contributed by atoms with E-state index < -0.39 is 0 Å². The van der Waals surface area contributed by atoms with Gasteiger partial charge in [-0.05, 0) is 37.3 Å². The fourth-order valence-electron chi connectivity index (χ4n) is 2.03. The lowest BCUT2D eigenvalue weighted by Crippen LogP contribution is -2.39. The largest absolute Gasteiger partial charge is 0.395 e. The molecule has 4 heteroatoms. The van der Waals surface area contributed by atoms with Crippen LogP contribution in [0.25, 0.3) is 0 Å². The van der Waals surface area contributed by atoms with E-state index in [1.54, 1.807) is 11.8 Å². The molecule has 3 atom stereocenters. The van der Waals surface area contributed by atoms with Crippen molar-refractivity contribution >= 4 is 23.4 Å². The Labute approximate surface area is 119 Å². The van der Waals surface area contributed by atoms with E-state index in [2.05, 4.69) is 25.2 Å². The molecule has 0 bridgehead atoms. The van der Waals surface area contributed by atoms with Crippen LogP contribution in [-0.2, 0) is 0 Å². The Kier molecular flexibility index (Phi) is 7.08. The second kappa shape index (κ2) is 8.05. The van der Waals surface area contributed by atoms with Crippen LogP contribution in [-0.4, -0.2) is 29.3 Å². The molecule has 3 unspecified atom stereocenters. The Bertz CT molecular complexity index is 357. The summed E-state index contributed by atoms with van der Waals surface area (Å²) >= 11 is 7.72. The van der Waals surface area contributed by atoms with Gasteiger partial charge in [0.1, 0.15) is 0 Å². The molecule has 2 nitrogen and oxygen atoms in total. The second-order valence-electron chi connectivity index (χ2n) is 4.43. The molecule has 0 saturated carbocycles. The molecule has 0 fully saturated rings. The maximum absolute atomic E-state index is 9.31. The molecular weight excluding hydrogens is 266 g/mol. The van der Waals surface area contributed by atoms with Crippen LogP contribution in [0.15, 0.2) is 24.3 Å². The highest BCUT2D eigenvalue weighted by molar-refractivity contribution is 7.99. The highest BCUT2D eigenvalue weighted by Crippen LogP contribution is 2.22. The Hall–Kier alpha value is -0.220. The highest BCUT2D eigenvalue weighted by Gasteiger charge is 2.19. The zero-order valence-corrected chi connectivity index (χ0v) is 12.8. The Morgan fingerprint density at radius 3 is 2.67 bits per heavy atom. The number of aliphatic hydroxyl groups excluding tert-OH is 1. The maximum atomic E-state index is 9.31. The van der Waals surface area contributed by atoms with Crippen LogP contribution >= 0.6 is 23.4 Å². The first-order chi connectivity index (χ1) is 8.62. The molecule has 1 rings (SSSR count). The van der Waals surface area contributed by atoms with Crippen LogP contribution in [0.5, 0.6) is 0 Å². The van der Waals surface area contributed by atoms with Crippen molar-refractivity contribution in [2.24, 2.45) is 0 Å². The Morgan fingerprint density at radius 2 is 2.17 bits per heavy atom. The molecule has 1 aromatic rings. The van der Waals surface area contributed by atoms with Gasteiger partial charge < -0.3 is 10.4 Å². The van der Waals surface area contributed by atoms with Gasteiger partial charge in [-0.25, -0.2) is 0 Å². The van der Waals surface area contributed by atoms with Crippen molar-refractivity contribution in [2.75, 3.05) is 12.9 Å². The number of nitrogens with one attached hydrogen (secondary N) is 1. The lowest BCUT2D eigenvalue weighted by atomic mass is 10.0. The van der Waals surface area contributed by atoms with E-state index in [4.69, 9.17) is 11.6 Å². The van der Waals surface area contributed by atoms with Gasteiger partial charge in [-0.2, -0.15) is 11.8 Å². The first kappa shape index (κ1) is 15.8. The van der Waals surface area contributed by atoms with Gasteiger partial charge in [-0.1, -0.05) is 30.7 Å². The van der Waals surface area contributed by atoms with Gasteiger partial charge in [0.25, 0.3) is 0 Å². The predicted molar refractivity (Wildman–Crippen MR) is 81.5 cm³/mol. The van der Waals surface area contributed by atoms with Crippen molar-refractivity contribution in [1.82, 2.24) is 5.32 Å². The van der Waals surface area contributed by atoms with E-state index in [0.29, 0.717) is 0 Å². The molecule has 0 saturated heterocycles. The van der Waals surface area contributed by atoms with Crippen LogP contribution in [0.4, 0.5) is 0 Å². The quantitative estimate of drug-likeness (QED) is 0.805. The minimum absolute atomic E-state index is 0.196. The van der Waals surface area contributed by atoms with Crippen molar-refractivity contribution < 1.29 is 5.11 Å². The number of benzene rings is 1. The molecule has 0 amide bonds. The fourth-order valence-corrected chi connectivity index (χ4v) is 2.87. The van der Waals surface area contributed by atoms with E-state index in [-0.39, 0.29) is 23.9 Å². The standard InChI is InChI=1S/C14H22ClNOS/c1-4-13(11-6-5-7-12(15)8-11)16-10(2)14(9-17)18-3/h5-8,10,13-14,16-17H,4,9H2,1-3H3. The van der Waals surface area contributed by atoms with Gasteiger partial charge >= 0.3 is 0 Å². The summed E-state index contributed by atoms with van der Waals surface area (Å²) in [5.74, 6) is 0. The summed E-state index contributed by atoms with van der Waals surface area (Å²) in [5, 5.41) is 13.9. The molecule has 2 N–H and O–H groups in total. The lowest BCUT2D eigenvalue weighted by molar-refractivity contribution is 0.269. The Balaban J connectivity index is 2.72. The van der Waals surface area contributed by atoms with Gasteiger partial charge in [-0.3, -0.25) is 0 Å². The zero-order valence-electron chi connectivity index (χ0n) is 11.2. The summed E-state index contributed by atoms with van der Waals surface area (Å²) in [6, 6.07) is 8.49. The fraction of sp³-hybridized carbons (Fsp3) is 0.571. The maximum Gasteiger partial charge on any atom is 0.0564 e. The number of aliphatic hydroxyl groups is 1. The summed E-state index contributed by atoms with van der Waals surface area (Å²) in [5.41, 5.74) is 1.20. The number of hydrogen-bond donors (Lipinski definition) is 2. The number of thioether (sulfide) groups is 1. The van der Waals surface area contributed by atoms with Gasteiger partial charge in [0.2, 0.25) is 0 Å².